The summed E-state index contributed by atoms with van der Waals surface area (Å²) in [5.41, 5.74) is 12.2. The topological polar surface area (TPSA) is 239 Å². The van der Waals surface area contributed by atoms with Crippen molar-refractivity contribution in [2.75, 3.05) is 72.5 Å². The fourth-order valence-corrected chi connectivity index (χ4v) is 6.37. The molecule has 0 fully saturated rings. The van der Waals surface area contributed by atoms with Crippen LogP contribution in [0.3, 0.4) is 0 Å². The van der Waals surface area contributed by atoms with Crippen molar-refractivity contribution in [3.63, 3.8) is 0 Å². The average molecular weight is 838 g/mol. The van der Waals surface area contributed by atoms with Gasteiger partial charge in [-0.1, -0.05) is 103 Å². The summed E-state index contributed by atoms with van der Waals surface area (Å²) in [7, 11) is 0. The summed E-state index contributed by atoms with van der Waals surface area (Å²) >= 11 is 0. The summed E-state index contributed by atoms with van der Waals surface area (Å²) < 4.78 is 21.5. The number of primary amides is 1. The van der Waals surface area contributed by atoms with Crippen LogP contribution >= 0.6 is 0 Å². The normalized spacial score (nSPS) is 12.2. The summed E-state index contributed by atoms with van der Waals surface area (Å²) in [6.45, 7) is 4.95. The molecule has 0 saturated carbocycles. The number of carbonyl (C=O) groups excluding carboxylic acids is 5. The minimum absolute atomic E-state index is 0.0201. The number of hydrogen-bond acceptors (Lipinski definition) is 11. The van der Waals surface area contributed by atoms with Crippen LogP contribution in [0.4, 0.5) is 0 Å². The molecular weight excluding hydrogens is 759 g/mol. The predicted octanol–water partition coefficient (Wildman–Crippen LogP) is 4.19. The Morgan fingerprint density at radius 3 is 1.63 bits per heavy atom. The predicted molar refractivity (Wildman–Crippen MR) is 228 cm³/mol. The largest absolute Gasteiger partial charge is 0.377 e. The SMILES string of the molecule is CCCCCCCCCCCCCCCCCC(=O)NCCOCCOCC(=O)NCCOCCOCC(=O)NCCCC[C@H](CC(=O)[C@@H](N)Cc1cnc[nH]1)C(N)=O. The van der Waals surface area contributed by atoms with E-state index in [1.54, 1.807) is 6.20 Å². The third kappa shape index (κ3) is 34.0. The van der Waals surface area contributed by atoms with Crippen LogP contribution in [0.15, 0.2) is 12.5 Å². The number of unbranched alkanes of at least 4 members (excludes halogenated alkanes) is 15. The number of nitrogens with two attached hydrogens (primary N) is 2. The molecule has 0 spiro atoms. The maximum atomic E-state index is 12.5. The first-order valence-electron chi connectivity index (χ1n) is 22.4. The Hall–Kier alpha value is -3.44. The number of H-pyrrole nitrogens is 1. The molecule has 16 heteroatoms. The van der Waals surface area contributed by atoms with E-state index in [0.29, 0.717) is 65.0 Å². The number of nitrogens with zero attached hydrogens (tertiary/aromatic N) is 1. The van der Waals surface area contributed by atoms with Crippen molar-refractivity contribution in [2.24, 2.45) is 17.4 Å². The van der Waals surface area contributed by atoms with Crippen molar-refractivity contribution >= 4 is 29.4 Å². The van der Waals surface area contributed by atoms with Crippen LogP contribution in [0, 0.1) is 5.92 Å². The van der Waals surface area contributed by atoms with E-state index in [4.69, 9.17) is 30.4 Å². The molecule has 340 valence electrons. The quantitative estimate of drug-likeness (QED) is 0.0510. The lowest BCUT2D eigenvalue weighted by Gasteiger charge is -2.15. The van der Waals surface area contributed by atoms with Gasteiger partial charge >= 0.3 is 0 Å². The lowest BCUT2D eigenvalue weighted by Crippen LogP contribution is -2.36. The molecule has 0 bridgehead atoms. The molecule has 16 nitrogen and oxygen atoms in total. The maximum absolute atomic E-state index is 12.5. The van der Waals surface area contributed by atoms with Crippen LogP contribution in [-0.4, -0.2) is 118 Å². The molecule has 0 radical (unpaired) electrons. The first-order chi connectivity index (χ1) is 28.7. The summed E-state index contributed by atoms with van der Waals surface area (Å²) in [5.74, 6) is -1.88. The van der Waals surface area contributed by atoms with Crippen molar-refractivity contribution in [3.8, 4) is 0 Å². The van der Waals surface area contributed by atoms with E-state index in [1.807, 2.05) is 0 Å². The highest BCUT2D eigenvalue weighted by molar-refractivity contribution is 5.89. The lowest BCUT2D eigenvalue weighted by atomic mass is 9.92. The number of Topliss-reactive ketones (excluding diaryl/α,β-unsaturated/α-hetero) is 1. The van der Waals surface area contributed by atoms with Gasteiger partial charge in [0.25, 0.3) is 0 Å². The van der Waals surface area contributed by atoms with Gasteiger partial charge in [0.15, 0.2) is 5.78 Å². The number of imidazole rings is 1. The monoisotopic (exact) mass is 838 g/mol. The third-order valence-electron chi connectivity index (χ3n) is 9.91. The number of hydrogen-bond donors (Lipinski definition) is 6. The Kier molecular flexibility index (Phi) is 35.2. The molecule has 0 saturated heterocycles. The van der Waals surface area contributed by atoms with Gasteiger partial charge in [-0.25, -0.2) is 4.98 Å². The van der Waals surface area contributed by atoms with E-state index in [0.717, 1.165) is 18.5 Å². The fourth-order valence-electron chi connectivity index (χ4n) is 6.37. The number of rotatable bonds is 43. The number of aromatic nitrogens is 2. The summed E-state index contributed by atoms with van der Waals surface area (Å²) in [4.78, 5) is 67.1. The zero-order valence-corrected chi connectivity index (χ0v) is 36.2. The van der Waals surface area contributed by atoms with Crippen molar-refractivity contribution in [1.29, 1.82) is 0 Å². The van der Waals surface area contributed by atoms with Crippen molar-refractivity contribution < 1.29 is 42.9 Å². The average Bonchev–Trinajstić information content (AvgIpc) is 3.73. The van der Waals surface area contributed by atoms with Crippen LogP contribution < -0.4 is 27.4 Å². The first kappa shape index (κ1) is 53.6. The van der Waals surface area contributed by atoms with E-state index < -0.39 is 17.9 Å². The molecule has 59 heavy (non-hydrogen) atoms. The minimum Gasteiger partial charge on any atom is -0.377 e. The highest BCUT2D eigenvalue weighted by atomic mass is 16.5. The lowest BCUT2D eigenvalue weighted by molar-refractivity contribution is -0.128. The van der Waals surface area contributed by atoms with E-state index in [-0.39, 0.29) is 69.6 Å². The fraction of sp³-hybridized carbons (Fsp3) is 0.814. The van der Waals surface area contributed by atoms with E-state index >= 15 is 0 Å². The highest BCUT2D eigenvalue weighted by Gasteiger charge is 2.23. The second kappa shape index (κ2) is 38.7. The van der Waals surface area contributed by atoms with Gasteiger partial charge in [0, 0.05) is 56.7 Å². The number of ketones is 1. The van der Waals surface area contributed by atoms with Crippen molar-refractivity contribution in [3.05, 3.63) is 18.2 Å². The Bertz CT molecular complexity index is 1210. The number of carbonyl (C=O) groups is 5. The number of amides is 4. The molecule has 1 aromatic heterocycles. The minimum atomic E-state index is -0.747. The van der Waals surface area contributed by atoms with Crippen LogP contribution in [0.5, 0.6) is 0 Å². The van der Waals surface area contributed by atoms with Crippen LogP contribution in [0.25, 0.3) is 0 Å². The van der Waals surface area contributed by atoms with Gasteiger partial charge in [0.2, 0.25) is 23.6 Å². The van der Waals surface area contributed by atoms with Crippen LogP contribution in [0.2, 0.25) is 0 Å². The molecule has 1 heterocycles. The molecule has 8 N–H and O–H groups in total. The summed E-state index contributed by atoms with van der Waals surface area (Å²) in [6, 6.07) is -0.747. The standard InChI is InChI=1S/C43H79N7O9/c1-2-3-4-5-6-7-8-9-10-11-12-13-14-15-16-20-40(52)48-22-24-56-26-29-59-34-42(54)49-23-25-57-27-28-58-33-41(53)47-21-18-17-19-36(43(45)55)30-39(51)38(44)31-37-32-46-35-50-37/h32,35-36,38H,2-31,33-34,44H2,1H3,(H2,45,55)(H,46,50)(H,47,53)(H,48,52)(H,49,54)/t36-,38+/m1/s1. The number of nitrogens with one attached hydrogen (secondary N) is 4. The Balaban J connectivity index is 1.83. The van der Waals surface area contributed by atoms with Crippen LogP contribution in [0.1, 0.15) is 141 Å². The third-order valence-corrected chi connectivity index (χ3v) is 9.91. The first-order valence-corrected chi connectivity index (χ1v) is 22.4. The van der Waals surface area contributed by atoms with E-state index in [2.05, 4.69) is 32.8 Å². The summed E-state index contributed by atoms with van der Waals surface area (Å²) in [5, 5.41) is 8.34. The van der Waals surface area contributed by atoms with Gasteiger partial charge in [-0.15, -0.1) is 0 Å². The molecule has 0 aliphatic rings. The second-order valence-corrected chi connectivity index (χ2v) is 15.2. The van der Waals surface area contributed by atoms with E-state index in [9.17, 15) is 24.0 Å². The van der Waals surface area contributed by atoms with E-state index in [1.165, 1.54) is 89.8 Å². The molecule has 0 aliphatic heterocycles. The Morgan fingerprint density at radius 1 is 0.627 bits per heavy atom. The zero-order valence-electron chi connectivity index (χ0n) is 36.2. The van der Waals surface area contributed by atoms with Gasteiger partial charge in [-0.3, -0.25) is 24.0 Å². The highest BCUT2D eigenvalue weighted by Crippen LogP contribution is 2.15. The van der Waals surface area contributed by atoms with Gasteiger partial charge in [-0.2, -0.15) is 0 Å². The van der Waals surface area contributed by atoms with Crippen molar-refractivity contribution in [1.82, 2.24) is 25.9 Å². The molecule has 0 unspecified atom stereocenters. The summed E-state index contributed by atoms with van der Waals surface area (Å²) in [6.07, 6.45) is 25.1. The zero-order chi connectivity index (χ0) is 43.0. The maximum Gasteiger partial charge on any atom is 0.246 e. The van der Waals surface area contributed by atoms with Crippen molar-refractivity contribution in [2.45, 2.75) is 148 Å². The molecule has 2 atom stereocenters. The molecule has 4 amide bonds. The van der Waals surface area contributed by atoms with Gasteiger partial charge in [0.1, 0.15) is 13.2 Å². The number of aromatic amines is 1. The van der Waals surface area contributed by atoms with Gasteiger partial charge in [0.05, 0.1) is 52.0 Å². The molecule has 0 aromatic carbocycles. The Labute approximate surface area is 353 Å². The number of ether oxygens (including phenoxy) is 4. The molecule has 1 rings (SSSR count). The van der Waals surface area contributed by atoms with Gasteiger partial charge in [-0.05, 0) is 19.3 Å². The smallest absolute Gasteiger partial charge is 0.246 e. The molecule has 1 aromatic rings. The van der Waals surface area contributed by atoms with Gasteiger partial charge < -0.3 is 51.3 Å². The Morgan fingerprint density at radius 2 is 1.12 bits per heavy atom. The second-order valence-electron chi connectivity index (χ2n) is 15.2. The molecular formula is C43H79N7O9. The molecule has 0 aliphatic carbocycles. The van der Waals surface area contributed by atoms with Crippen LogP contribution in [-0.2, 0) is 49.3 Å².